The largest absolute Gasteiger partial charge is 0.463 e. The number of carbonyl (C=O) groups excluding carboxylic acids is 1. The van der Waals surface area contributed by atoms with Crippen LogP contribution in [-0.2, 0) is 9.53 Å². The minimum absolute atomic E-state index is 0.000347. The molecule has 26 heavy (non-hydrogen) atoms. The lowest BCUT2D eigenvalue weighted by molar-refractivity contribution is -0.139. The normalized spacial score (nSPS) is 23.6. The van der Waals surface area contributed by atoms with Crippen molar-refractivity contribution in [2.45, 2.75) is 53.9 Å². The number of halogens is 1. The van der Waals surface area contributed by atoms with Crippen LogP contribution in [0.15, 0.2) is 45.8 Å². The molecule has 0 spiro atoms. The van der Waals surface area contributed by atoms with Crippen LogP contribution < -0.4 is 0 Å². The Bertz CT molecular complexity index is 747. The zero-order chi connectivity index (χ0) is 19.4. The summed E-state index contributed by atoms with van der Waals surface area (Å²) >= 11 is 0. The van der Waals surface area contributed by atoms with E-state index >= 15 is 0 Å². The highest BCUT2D eigenvalue weighted by molar-refractivity contribution is 5.93. The Balaban J connectivity index is 2.73. The van der Waals surface area contributed by atoms with Crippen molar-refractivity contribution >= 4 is 5.97 Å². The minimum Gasteiger partial charge on any atom is -0.463 e. The molecule has 0 aromatic heterocycles. The van der Waals surface area contributed by atoms with Gasteiger partial charge < -0.3 is 4.74 Å². The number of carbonyl (C=O) groups is 1. The summed E-state index contributed by atoms with van der Waals surface area (Å²) in [5.41, 5.74) is 4.70. The molecule has 2 aliphatic carbocycles. The van der Waals surface area contributed by atoms with Gasteiger partial charge in [0.1, 0.15) is 5.83 Å². The Hall–Kier alpha value is -2.15. The van der Waals surface area contributed by atoms with E-state index in [1.165, 1.54) is 6.08 Å². The molecule has 0 saturated heterocycles. The predicted molar refractivity (Wildman–Crippen MR) is 101 cm³/mol. The Morgan fingerprint density at radius 3 is 2.54 bits per heavy atom. The van der Waals surface area contributed by atoms with Crippen molar-refractivity contribution in [1.82, 2.24) is 0 Å². The van der Waals surface area contributed by atoms with Crippen LogP contribution >= 0.6 is 0 Å². The van der Waals surface area contributed by atoms with Crippen LogP contribution in [-0.4, -0.2) is 12.6 Å². The van der Waals surface area contributed by atoms with Gasteiger partial charge >= 0.3 is 5.97 Å². The quantitative estimate of drug-likeness (QED) is 0.604. The summed E-state index contributed by atoms with van der Waals surface area (Å²) in [7, 11) is 0. The zero-order valence-electron chi connectivity index (χ0n) is 16.4. The Kier molecular flexibility index (Phi) is 6.58. The van der Waals surface area contributed by atoms with E-state index in [9.17, 15) is 14.4 Å². The average Bonchev–Trinajstić information content (AvgIpc) is 2.59. The van der Waals surface area contributed by atoms with Crippen LogP contribution in [0.3, 0.4) is 0 Å². The van der Waals surface area contributed by atoms with E-state index in [1.807, 2.05) is 6.92 Å². The molecule has 2 aliphatic rings. The third-order valence-electron chi connectivity index (χ3n) is 5.50. The predicted octanol–water partition coefficient (Wildman–Crippen LogP) is 5.57. The summed E-state index contributed by atoms with van der Waals surface area (Å²) < 4.78 is 18.9. The van der Waals surface area contributed by atoms with Crippen molar-refractivity contribution in [3.05, 3.63) is 45.8 Å². The van der Waals surface area contributed by atoms with E-state index in [0.29, 0.717) is 31.4 Å². The Labute approximate surface area is 155 Å². The maximum atomic E-state index is 13.5. The Morgan fingerprint density at radius 1 is 1.35 bits per heavy atom. The highest BCUT2D eigenvalue weighted by atomic mass is 19.1. The zero-order valence-corrected chi connectivity index (χ0v) is 16.4. The number of hydrogen-bond donors (Lipinski definition) is 0. The third kappa shape index (κ3) is 3.82. The SMILES string of the molecule is CCOC(=O)C1=C(C2=CC=C(F)CC2)C(C)=C(C)C(CC#N)C1C(C)C. The van der Waals surface area contributed by atoms with E-state index in [0.717, 1.165) is 22.3 Å². The first kappa shape index (κ1) is 20.2. The number of esters is 1. The van der Waals surface area contributed by atoms with Crippen molar-refractivity contribution in [2.24, 2.45) is 17.8 Å². The van der Waals surface area contributed by atoms with Crippen LogP contribution in [0.25, 0.3) is 0 Å². The minimum atomic E-state index is -0.313. The molecule has 140 valence electrons. The molecule has 0 aliphatic heterocycles. The lowest BCUT2D eigenvalue weighted by Gasteiger charge is -2.38. The van der Waals surface area contributed by atoms with Gasteiger partial charge in [0.2, 0.25) is 0 Å². The molecule has 0 amide bonds. The molecule has 3 nitrogen and oxygen atoms in total. The molecule has 2 unspecified atom stereocenters. The van der Waals surface area contributed by atoms with Gasteiger partial charge in [-0.1, -0.05) is 25.5 Å². The molecule has 4 heteroatoms. The van der Waals surface area contributed by atoms with Crippen LogP contribution in [0.1, 0.15) is 53.9 Å². The van der Waals surface area contributed by atoms with Crippen molar-refractivity contribution in [3.8, 4) is 6.07 Å². The van der Waals surface area contributed by atoms with Gasteiger partial charge in [-0.25, -0.2) is 9.18 Å². The fourth-order valence-corrected chi connectivity index (χ4v) is 4.17. The molecule has 0 saturated carbocycles. The molecule has 2 rings (SSSR count). The fourth-order valence-electron chi connectivity index (χ4n) is 4.17. The van der Waals surface area contributed by atoms with E-state index < -0.39 is 0 Å². The van der Waals surface area contributed by atoms with Crippen LogP contribution in [0, 0.1) is 29.1 Å². The highest BCUT2D eigenvalue weighted by Crippen LogP contribution is 2.47. The molecular weight excluding hydrogens is 329 g/mol. The first-order valence-corrected chi connectivity index (χ1v) is 9.34. The highest BCUT2D eigenvalue weighted by Gasteiger charge is 2.40. The van der Waals surface area contributed by atoms with Gasteiger partial charge in [-0.15, -0.1) is 0 Å². The summed E-state index contributed by atoms with van der Waals surface area (Å²) in [6.45, 7) is 10.3. The maximum absolute atomic E-state index is 13.5. The molecule has 0 N–H and O–H groups in total. The molecule has 2 atom stereocenters. The molecular formula is C22H28FNO2. The summed E-state index contributed by atoms with van der Waals surface area (Å²) in [6, 6.07) is 2.28. The van der Waals surface area contributed by atoms with Crippen molar-refractivity contribution in [2.75, 3.05) is 6.61 Å². The molecule has 0 fully saturated rings. The van der Waals surface area contributed by atoms with E-state index in [2.05, 4.69) is 26.8 Å². The molecule has 0 aromatic carbocycles. The maximum Gasteiger partial charge on any atom is 0.334 e. The fraction of sp³-hybridized carbons (Fsp3) is 0.545. The number of allylic oxidation sites excluding steroid dienone is 7. The smallest absolute Gasteiger partial charge is 0.334 e. The van der Waals surface area contributed by atoms with Crippen molar-refractivity contribution in [3.63, 3.8) is 0 Å². The number of ether oxygens (including phenoxy) is 1. The molecule has 0 heterocycles. The second kappa shape index (κ2) is 8.49. The number of hydrogen-bond acceptors (Lipinski definition) is 3. The summed E-state index contributed by atoms with van der Waals surface area (Å²) in [6.07, 6.45) is 4.57. The molecule has 0 aromatic rings. The third-order valence-corrected chi connectivity index (χ3v) is 5.50. The standard InChI is InChI=1S/C22H28FNO2/c1-6-26-22(25)21-19(13(2)3)18(11-12-24)14(4)15(5)20(21)16-7-9-17(23)10-8-16/h7,9,13,18-19H,6,8,10-11H2,1-5H3. The molecule has 0 radical (unpaired) electrons. The lowest BCUT2D eigenvalue weighted by Crippen LogP contribution is -2.33. The van der Waals surface area contributed by atoms with E-state index in [4.69, 9.17) is 4.74 Å². The number of nitrogens with zero attached hydrogens (tertiary/aromatic N) is 1. The first-order valence-electron chi connectivity index (χ1n) is 9.34. The monoisotopic (exact) mass is 357 g/mol. The summed E-state index contributed by atoms with van der Waals surface area (Å²) in [5, 5.41) is 9.33. The first-order chi connectivity index (χ1) is 12.3. The van der Waals surface area contributed by atoms with Crippen molar-refractivity contribution in [1.29, 1.82) is 5.26 Å². The van der Waals surface area contributed by atoms with Gasteiger partial charge in [-0.3, -0.25) is 0 Å². The van der Waals surface area contributed by atoms with E-state index in [-0.39, 0.29) is 29.5 Å². The average molecular weight is 357 g/mol. The summed E-state index contributed by atoms with van der Waals surface area (Å²) in [4.78, 5) is 12.9. The second-order valence-corrected chi connectivity index (χ2v) is 7.36. The number of rotatable bonds is 5. The van der Waals surface area contributed by atoms with Gasteiger partial charge in [0, 0.05) is 30.3 Å². The van der Waals surface area contributed by atoms with Gasteiger partial charge in [0.25, 0.3) is 0 Å². The van der Waals surface area contributed by atoms with Gasteiger partial charge in [-0.2, -0.15) is 5.26 Å². The number of nitriles is 1. The summed E-state index contributed by atoms with van der Waals surface area (Å²) in [5.74, 6) is -0.346. The van der Waals surface area contributed by atoms with Crippen molar-refractivity contribution < 1.29 is 13.9 Å². The van der Waals surface area contributed by atoms with Crippen LogP contribution in [0.4, 0.5) is 4.39 Å². The Morgan fingerprint density at radius 2 is 2.04 bits per heavy atom. The van der Waals surface area contributed by atoms with Crippen LogP contribution in [0.2, 0.25) is 0 Å². The second-order valence-electron chi connectivity index (χ2n) is 7.36. The topological polar surface area (TPSA) is 50.1 Å². The van der Waals surface area contributed by atoms with E-state index in [1.54, 1.807) is 13.0 Å². The van der Waals surface area contributed by atoms with Crippen LogP contribution in [0.5, 0.6) is 0 Å². The molecule has 0 bridgehead atoms. The van der Waals surface area contributed by atoms with Gasteiger partial charge in [0.05, 0.1) is 12.7 Å². The van der Waals surface area contributed by atoms with Gasteiger partial charge in [-0.05, 0) is 55.9 Å². The van der Waals surface area contributed by atoms with Gasteiger partial charge in [0.15, 0.2) is 0 Å². The lowest BCUT2D eigenvalue weighted by atomic mass is 9.65.